The Hall–Kier alpha value is -1.58. The quantitative estimate of drug-likeness (QED) is 0.883. The van der Waals surface area contributed by atoms with Crippen LogP contribution < -0.4 is 10.1 Å². The second kappa shape index (κ2) is 6.04. The average molecular weight is 306 g/mol. The Bertz CT molecular complexity index is 655. The minimum Gasteiger partial charge on any atom is -0.496 e. The third-order valence-corrected chi connectivity index (χ3v) is 4.01. The number of methoxy groups -OCH3 is 1. The second-order valence-corrected chi connectivity index (χ2v) is 5.71. The molecular weight excluding hydrogens is 289 g/mol. The van der Waals surface area contributed by atoms with Gasteiger partial charge in [0.05, 0.1) is 7.11 Å². The molecule has 4 heteroatoms. The minimum atomic E-state index is -0.289. The van der Waals surface area contributed by atoms with Crippen molar-refractivity contribution in [3.05, 3.63) is 52.8 Å². The number of hydrogen-bond acceptors (Lipinski definition) is 2. The van der Waals surface area contributed by atoms with Crippen molar-refractivity contribution in [2.24, 2.45) is 0 Å². The molecule has 3 rings (SSSR count). The molecule has 0 aromatic heterocycles. The third-order valence-electron chi connectivity index (χ3n) is 3.68. The lowest BCUT2D eigenvalue weighted by Gasteiger charge is -2.12. The molecule has 0 aliphatic heterocycles. The fourth-order valence-corrected chi connectivity index (χ4v) is 2.57. The van der Waals surface area contributed by atoms with E-state index < -0.39 is 0 Å². The average Bonchev–Trinajstić information content (AvgIpc) is 3.31. The van der Waals surface area contributed by atoms with Gasteiger partial charge in [0.1, 0.15) is 11.6 Å². The SMILES string of the molecule is COc1ccc(-c2cc(F)ccc2Cl)cc1CNC1CC1. The fourth-order valence-electron chi connectivity index (χ4n) is 2.34. The third kappa shape index (κ3) is 3.36. The van der Waals surface area contributed by atoms with Crippen LogP contribution in [0.5, 0.6) is 5.75 Å². The van der Waals surface area contributed by atoms with Gasteiger partial charge in [-0.1, -0.05) is 17.7 Å². The Morgan fingerprint density at radius 3 is 2.76 bits per heavy atom. The predicted molar refractivity (Wildman–Crippen MR) is 83.3 cm³/mol. The summed E-state index contributed by atoms with van der Waals surface area (Å²) >= 11 is 6.18. The Morgan fingerprint density at radius 2 is 2.05 bits per heavy atom. The lowest BCUT2D eigenvalue weighted by molar-refractivity contribution is 0.407. The maximum atomic E-state index is 13.4. The molecule has 0 heterocycles. The van der Waals surface area contributed by atoms with Gasteiger partial charge in [0.15, 0.2) is 0 Å². The van der Waals surface area contributed by atoms with Crippen molar-refractivity contribution >= 4 is 11.6 Å². The molecule has 1 aliphatic carbocycles. The Morgan fingerprint density at radius 1 is 1.24 bits per heavy atom. The van der Waals surface area contributed by atoms with E-state index in [0.717, 1.165) is 23.4 Å². The predicted octanol–water partition coefficient (Wildman–Crippen LogP) is 4.41. The summed E-state index contributed by atoms with van der Waals surface area (Å²) in [5, 5.41) is 4.01. The van der Waals surface area contributed by atoms with Gasteiger partial charge in [-0.15, -0.1) is 0 Å². The van der Waals surface area contributed by atoms with Gasteiger partial charge in [0.2, 0.25) is 0 Å². The molecule has 0 atom stereocenters. The molecule has 1 fully saturated rings. The second-order valence-electron chi connectivity index (χ2n) is 5.31. The van der Waals surface area contributed by atoms with Crippen LogP contribution in [0.15, 0.2) is 36.4 Å². The minimum absolute atomic E-state index is 0.289. The molecule has 0 bridgehead atoms. The fraction of sp³-hybridized carbons (Fsp3) is 0.294. The van der Waals surface area contributed by atoms with Crippen LogP contribution in [0, 0.1) is 5.82 Å². The lowest BCUT2D eigenvalue weighted by Crippen LogP contribution is -2.15. The number of hydrogen-bond donors (Lipinski definition) is 1. The first-order chi connectivity index (χ1) is 10.2. The highest BCUT2D eigenvalue weighted by Crippen LogP contribution is 2.32. The van der Waals surface area contributed by atoms with E-state index in [1.807, 2.05) is 18.2 Å². The van der Waals surface area contributed by atoms with Gasteiger partial charge < -0.3 is 10.1 Å². The van der Waals surface area contributed by atoms with Crippen LogP contribution in [0.2, 0.25) is 5.02 Å². The Labute approximate surface area is 128 Å². The first-order valence-electron chi connectivity index (χ1n) is 7.03. The van der Waals surface area contributed by atoms with E-state index in [0.29, 0.717) is 16.6 Å². The number of rotatable bonds is 5. The summed E-state index contributed by atoms with van der Waals surface area (Å²) in [6.07, 6.45) is 2.47. The van der Waals surface area contributed by atoms with E-state index in [1.165, 1.54) is 25.0 Å². The van der Waals surface area contributed by atoms with E-state index in [1.54, 1.807) is 13.2 Å². The van der Waals surface area contributed by atoms with Gasteiger partial charge in [-0.25, -0.2) is 4.39 Å². The highest BCUT2D eigenvalue weighted by molar-refractivity contribution is 6.33. The maximum absolute atomic E-state index is 13.4. The molecule has 2 aromatic carbocycles. The summed E-state index contributed by atoms with van der Waals surface area (Å²) < 4.78 is 18.8. The standard InChI is InChI=1S/C17H17ClFNO/c1-21-17-7-2-11(8-12(17)10-20-14-4-5-14)15-9-13(19)3-6-16(15)18/h2-3,6-9,14,20H,4-5,10H2,1H3. The summed E-state index contributed by atoms with van der Waals surface area (Å²) in [4.78, 5) is 0. The van der Waals surface area contributed by atoms with Crippen LogP contribution in [0.3, 0.4) is 0 Å². The number of ether oxygens (including phenoxy) is 1. The van der Waals surface area contributed by atoms with Crippen molar-refractivity contribution in [1.29, 1.82) is 0 Å². The highest BCUT2D eigenvalue weighted by Gasteiger charge is 2.20. The molecule has 1 N–H and O–H groups in total. The van der Waals surface area contributed by atoms with Gasteiger partial charge in [-0.3, -0.25) is 0 Å². The first-order valence-corrected chi connectivity index (χ1v) is 7.41. The maximum Gasteiger partial charge on any atom is 0.123 e. The van der Waals surface area contributed by atoms with E-state index in [2.05, 4.69) is 5.32 Å². The van der Waals surface area contributed by atoms with E-state index in [4.69, 9.17) is 16.3 Å². The summed E-state index contributed by atoms with van der Waals surface area (Å²) in [7, 11) is 1.66. The van der Waals surface area contributed by atoms with Crippen LogP contribution in [0.25, 0.3) is 11.1 Å². The van der Waals surface area contributed by atoms with Crippen LogP contribution in [0.4, 0.5) is 4.39 Å². The van der Waals surface area contributed by atoms with Crippen molar-refractivity contribution < 1.29 is 9.13 Å². The van der Waals surface area contributed by atoms with Crippen molar-refractivity contribution in [2.45, 2.75) is 25.4 Å². The Kier molecular flexibility index (Phi) is 4.13. The molecular formula is C17H17ClFNO. The van der Waals surface area contributed by atoms with Gasteiger partial charge in [0.25, 0.3) is 0 Å². The highest BCUT2D eigenvalue weighted by atomic mass is 35.5. The van der Waals surface area contributed by atoms with E-state index in [-0.39, 0.29) is 5.82 Å². The van der Waals surface area contributed by atoms with Crippen molar-refractivity contribution in [3.8, 4) is 16.9 Å². The number of benzene rings is 2. The molecule has 0 amide bonds. The van der Waals surface area contributed by atoms with E-state index in [9.17, 15) is 4.39 Å². The number of nitrogens with one attached hydrogen (secondary N) is 1. The molecule has 21 heavy (non-hydrogen) atoms. The summed E-state index contributed by atoms with van der Waals surface area (Å²) in [6, 6.07) is 10.8. The normalized spacial score (nSPS) is 14.2. The topological polar surface area (TPSA) is 21.3 Å². The summed E-state index contributed by atoms with van der Waals surface area (Å²) in [6.45, 7) is 0.745. The molecule has 0 spiro atoms. The Balaban J connectivity index is 1.94. The molecule has 110 valence electrons. The van der Waals surface area contributed by atoms with Gasteiger partial charge in [0, 0.05) is 28.7 Å². The summed E-state index contributed by atoms with van der Waals surface area (Å²) in [5.41, 5.74) is 2.65. The van der Waals surface area contributed by atoms with Crippen molar-refractivity contribution in [1.82, 2.24) is 5.32 Å². The molecule has 1 aliphatic rings. The van der Waals surface area contributed by atoms with Crippen LogP contribution in [-0.2, 0) is 6.54 Å². The molecule has 2 aromatic rings. The lowest BCUT2D eigenvalue weighted by atomic mass is 10.0. The van der Waals surface area contributed by atoms with Crippen LogP contribution in [-0.4, -0.2) is 13.2 Å². The molecule has 1 saturated carbocycles. The van der Waals surface area contributed by atoms with E-state index >= 15 is 0 Å². The molecule has 0 saturated heterocycles. The van der Waals surface area contributed by atoms with Crippen LogP contribution in [0.1, 0.15) is 18.4 Å². The monoisotopic (exact) mass is 305 g/mol. The van der Waals surface area contributed by atoms with Gasteiger partial charge in [-0.05, 0) is 48.7 Å². The van der Waals surface area contributed by atoms with Crippen LogP contribution >= 0.6 is 11.6 Å². The summed E-state index contributed by atoms with van der Waals surface area (Å²) in [5.74, 6) is 0.544. The zero-order chi connectivity index (χ0) is 14.8. The molecule has 2 nitrogen and oxygen atoms in total. The smallest absolute Gasteiger partial charge is 0.123 e. The first kappa shape index (κ1) is 14.4. The van der Waals surface area contributed by atoms with Crippen molar-refractivity contribution in [2.75, 3.05) is 7.11 Å². The van der Waals surface area contributed by atoms with Crippen molar-refractivity contribution in [3.63, 3.8) is 0 Å². The largest absolute Gasteiger partial charge is 0.496 e. The number of halogens is 2. The molecule has 0 unspecified atom stereocenters. The van der Waals surface area contributed by atoms with Gasteiger partial charge in [-0.2, -0.15) is 0 Å². The molecule has 0 radical (unpaired) electrons. The zero-order valence-corrected chi connectivity index (χ0v) is 12.6. The van der Waals surface area contributed by atoms with Gasteiger partial charge >= 0.3 is 0 Å². The zero-order valence-electron chi connectivity index (χ0n) is 11.8.